The van der Waals surface area contributed by atoms with Gasteiger partial charge in [0, 0.05) is 63.8 Å². The molecule has 2 aromatic rings. The van der Waals surface area contributed by atoms with E-state index in [4.69, 9.17) is 0 Å². The standard InChI is InChI=1S/C18H25N5O/c1-2-19-18(24)23-14-11-21(12-15-23)10-13-22-9-8-20-17(22)16-6-4-3-5-7-16/h3-9H,2,10-15H2,1H3,(H,19,24). The molecule has 1 aliphatic heterocycles. The SMILES string of the molecule is CCNC(=O)N1CCN(CCn2ccnc2-c2ccccc2)CC1. The number of benzene rings is 1. The molecule has 0 atom stereocenters. The zero-order valence-electron chi connectivity index (χ0n) is 14.2. The van der Waals surface area contributed by atoms with Crippen LogP contribution in [0.5, 0.6) is 0 Å². The number of aromatic nitrogens is 2. The number of rotatable bonds is 5. The Labute approximate surface area is 143 Å². The number of nitrogens with one attached hydrogen (secondary N) is 1. The second-order valence-corrected chi connectivity index (χ2v) is 5.97. The molecule has 1 saturated heterocycles. The molecule has 2 amide bonds. The van der Waals surface area contributed by atoms with Crippen molar-refractivity contribution in [1.82, 2.24) is 24.7 Å². The predicted molar refractivity (Wildman–Crippen MR) is 94.7 cm³/mol. The van der Waals surface area contributed by atoms with E-state index < -0.39 is 0 Å². The van der Waals surface area contributed by atoms with Crippen molar-refractivity contribution in [3.05, 3.63) is 42.7 Å². The van der Waals surface area contributed by atoms with Crippen LogP contribution in [-0.2, 0) is 6.54 Å². The minimum atomic E-state index is 0.0538. The average molecular weight is 327 g/mol. The van der Waals surface area contributed by atoms with Crippen molar-refractivity contribution in [2.24, 2.45) is 0 Å². The number of urea groups is 1. The number of carbonyl (C=O) groups is 1. The number of nitrogens with zero attached hydrogens (tertiary/aromatic N) is 4. The van der Waals surface area contributed by atoms with Crippen LogP contribution in [0.1, 0.15) is 6.92 Å². The highest BCUT2D eigenvalue weighted by molar-refractivity contribution is 5.74. The third-order valence-electron chi connectivity index (χ3n) is 4.39. The van der Waals surface area contributed by atoms with E-state index in [0.717, 1.165) is 50.7 Å². The Morgan fingerprint density at radius 1 is 1.12 bits per heavy atom. The van der Waals surface area contributed by atoms with Gasteiger partial charge in [0.15, 0.2) is 0 Å². The zero-order chi connectivity index (χ0) is 16.8. The lowest BCUT2D eigenvalue weighted by atomic mass is 10.2. The number of carbonyl (C=O) groups excluding carboxylic acids is 1. The fourth-order valence-electron chi connectivity index (χ4n) is 3.02. The molecule has 1 aliphatic rings. The van der Waals surface area contributed by atoms with E-state index in [-0.39, 0.29) is 6.03 Å². The van der Waals surface area contributed by atoms with E-state index in [1.54, 1.807) is 0 Å². The Morgan fingerprint density at radius 2 is 1.88 bits per heavy atom. The first-order valence-electron chi connectivity index (χ1n) is 8.59. The number of piperazine rings is 1. The summed E-state index contributed by atoms with van der Waals surface area (Å²) in [6.07, 6.45) is 3.89. The van der Waals surface area contributed by atoms with Crippen molar-refractivity contribution in [3.63, 3.8) is 0 Å². The van der Waals surface area contributed by atoms with Gasteiger partial charge in [-0.3, -0.25) is 4.90 Å². The topological polar surface area (TPSA) is 53.4 Å². The zero-order valence-corrected chi connectivity index (χ0v) is 14.2. The Bertz CT molecular complexity index is 646. The Morgan fingerprint density at radius 3 is 2.58 bits per heavy atom. The molecule has 0 spiro atoms. The molecule has 0 aliphatic carbocycles. The fraction of sp³-hybridized carbons (Fsp3) is 0.444. The molecule has 1 aromatic heterocycles. The lowest BCUT2D eigenvalue weighted by molar-refractivity contribution is 0.137. The van der Waals surface area contributed by atoms with Crippen LogP contribution in [0.2, 0.25) is 0 Å². The molecular formula is C18H25N5O. The summed E-state index contributed by atoms with van der Waals surface area (Å²) in [4.78, 5) is 20.6. The minimum Gasteiger partial charge on any atom is -0.338 e. The first kappa shape index (κ1) is 16.5. The van der Waals surface area contributed by atoms with Crippen molar-refractivity contribution in [2.45, 2.75) is 13.5 Å². The molecule has 24 heavy (non-hydrogen) atoms. The molecule has 0 bridgehead atoms. The summed E-state index contributed by atoms with van der Waals surface area (Å²) < 4.78 is 2.20. The van der Waals surface area contributed by atoms with Crippen LogP contribution in [0.15, 0.2) is 42.7 Å². The van der Waals surface area contributed by atoms with Crippen molar-refractivity contribution in [2.75, 3.05) is 39.3 Å². The highest BCUT2D eigenvalue weighted by Crippen LogP contribution is 2.16. The van der Waals surface area contributed by atoms with Gasteiger partial charge in [0.25, 0.3) is 0 Å². The van der Waals surface area contributed by atoms with E-state index in [0.29, 0.717) is 6.54 Å². The lowest BCUT2D eigenvalue weighted by Crippen LogP contribution is -2.52. The van der Waals surface area contributed by atoms with Crippen LogP contribution in [0.4, 0.5) is 4.79 Å². The quantitative estimate of drug-likeness (QED) is 0.912. The van der Waals surface area contributed by atoms with Gasteiger partial charge >= 0.3 is 6.03 Å². The molecule has 2 heterocycles. The first-order valence-corrected chi connectivity index (χ1v) is 8.59. The van der Waals surface area contributed by atoms with E-state index in [1.807, 2.05) is 42.4 Å². The van der Waals surface area contributed by atoms with Gasteiger partial charge < -0.3 is 14.8 Å². The summed E-state index contributed by atoms with van der Waals surface area (Å²) in [6, 6.07) is 10.3. The summed E-state index contributed by atoms with van der Waals surface area (Å²) in [5.74, 6) is 1.01. The minimum absolute atomic E-state index is 0.0538. The number of hydrogen-bond donors (Lipinski definition) is 1. The van der Waals surface area contributed by atoms with Crippen LogP contribution < -0.4 is 5.32 Å². The van der Waals surface area contributed by atoms with Gasteiger partial charge in [0.1, 0.15) is 5.82 Å². The molecule has 0 radical (unpaired) electrons. The molecule has 3 rings (SSSR count). The molecule has 1 fully saturated rings. The van der Waals surface area contributed by atoms with E-state index in [9.17, 15) is 4.79 Å². The van der Waals surface area contributed by atoms with Gasteiger partial charge in [-0.15, -0.1) is 0 Å². The van der Waals surface area contributed by atoms with E-state index >= 15 is 0 Å². The Kier molecular flexibility index (Phi) is 5.48. The van der Waals surface area contributed by atoms with Crippen LogP contribution in [0, 0.1) is 0 Å². The van der Waals surface area contributed by atoms with Crippen molar-refractivity contribution >= 4 is 6.03 Å². The number of imidazole rings is 1. The normalized spacial score (nSPS) is 15.5. The number of hydrogen-bond acceptors (Lipinski definition) is 3. The summed E-state index contributed by atoms with van der Waals surface area (Å²) >= 11 is 0. The van der Waals surface area contributed by atoms with E-state index in [1.165, 1.54) is 0 Å². The smallest absolute Gasteiger partial charge is 0.317 e. The van der Waals surface area contributed by atoms with Crippen LogP contribution in [0.25, 0.3) is 11.4 Å². The van der Waals surface area contributed by atoms with Crippen LogP contribution in [0.3, 0.4) is 0 Å². The maximum absolute atomic E-state index is 11.8. The fourth-order valence-corrected chi connectivity index (χ4v) is 3.02. The molecule has 0 unspecified atom stereocenters. The van der Waals surface area contributed by atoms with Gasteiger partial charge in [0.2, 0.25) is 0 Å². The monoisotopic (exact) mass is 327 g/mol. The Balaban J connectivity index is 1.51. The van der Waals surface area contributed by atoms with Gasteiger partial charge in [0.05, 0.1) is 0 Å². The third kappa shape index (κ3) is 3.94. The van der Waals surface area contributed by atoms with Crippen LogP contribution >= 0.6 is 0 Å². The largest absolute Gasteiger partial charge is 0.338 e. The molecule has 6 heteroatoms. The molecular weight excluding hydrogens is 302 g/mol. The van der Waals surface area contributed by atoms with Crippen molar-refractivity contribution in [3.8, 4) is 11.4 Å². The second-order valence-electron chi connectivity index (χ2n) is 5.97. The Hall–Kier alpha value is -2.34. The van der Waals surface area contributed by atoms with Crippen LogP contribution in [-0.4, -0.2) is 64.7 Å². The molecule has 128 valence electrons. The average Bonchev–Trinajstić information content (AvgIpc) is 3.10. The van der Waals surface area contributed by atoms with Gasteiger partial charge in [-0.25, -0.2) is 9.78 Å². The van der Waals surface area contributed by atoms with Gasteiger partial charge in [-0.05, 0) is 6.92 Å². The lowest BCUT2D eigenvalue weighted by Gasteiger charge is -2.34. The highest BCUT2D eigenvalue weighted by Gasteiger charge is 2.20. The maximum Gasteiger partial charge on any atom is 0.317 e. The third-order valence-corrected chi connectivity index (χ3v) is 4.39. The summed E-state index contributed by atoms with van der Waals surface area (Å²) in [7, 11) is 0. The van der Waals surface area contributed by atoms with E-state index in [2.05, 4.69) is 31.9 Å². The maximum atomic E-state index is 11.8. The van der Waals surface area contributed by atoms with Crippen molar-refractivity contribution < 1.29 is 4.79 Å². The molecule has 0 saturated carbocycles. The van der Waals surface area contributed by atoms with Crippen molar-refractivity contribution in [1.29, 1.82) is 0 Å². The molecule has 1 N–H and O–H groups in total. The number of amides is 2. The summed E-state index contributed by atoms with van der Waals surface area (Å²) in [5.41, 5.74) is 1.14. The van der Waals surface area contributed by atoms with Gasteiger partial charge in [-0.2, -0.15) is 0 Å². The summed E-state index contributed by atoms with van der Waals surface area (Å²) in [6.45, 7) is 7.94. The second kappa shape index (κ2) is 7.97. The summed E-state index contributed by atoms with van der Waals surface area (Å²) in [5, 5.41) is 2.87. The predicted octanol–water partition coefficient (Wildman–Crippen LogP) is 1.90. The first-order chi connectivity index (χ1) is 11.8. The van der Waals surface area contributed by atoms with Gasteiger partial charge in [-0.1, -0.05) is 30.3 Å². The highest BCUT2D eigenvalue weighted by atomic mass is 16.2. The molecule has 6 nitrogen and oxygen atoms in total. The molecule has 1 aromatic carbocycles.